The summed E-state index contributed by atoms with van der Waals surface area (Å²) in [4.78, 5) is 26.7. The highest BCUT2D eigenvalue weighted by Gasteiger charge is 2.43. The molecule has 7 heteroatoms. The Morgan fingerprint density at radius 1 is 1.00 bits per heavy atom. The Morgan fingerprint density at radius 3 is 2.51 bits per heavy atom. The molecule has 0 spiro atoms. The molecule has 0 amide bonds. The topological polar surface area (TPSA) is 73.9 Å². The number of ketones is 1. The van der Waals surface area contributed by atoms with E-state index in [1.54, 1.807) is 37.3 Å². The van der Waals surface area contributed by atoms with Gasteiger partial charge in [-0.3, -0.25) is 4.79 Å². The highest BCUT2D eigenvalue weighted by molar-refractivity contribution is 6.23. The number of carbonyl (C=O) groups is 2. The molecule has 3 aromatic rings. The molecule has 1 aliphatic heterocycles. The second-order valence-electron chi connectivity index (χ2n) is 8.81. The molecule has 6 nitrogen and oxygen atoms in total. The minimum absolute atomic E-state index is 0.136. The molecular formula is C30H26FNO5. The van der Waals surface area contributed by atoms with Gasteiger partial charge < -0.3 is 19.5 Å². The first-order valence-corrected chi connectivity index (χ1v) is 12.0. The summed E-state index contributed by atoms with van der Waals surface area (Å²) in [7, 11) is 1.52. The summed E-state index contributed by atoms with van der Waals surface area (Å²) in [5.41, 5.74) is 4.94. The van der Waals surface area contributed by atoms with Gasteiger partial charge in [0.05, 0.1) is 25.0 Å². The van der Waals surface area contributed by atoms with Crippen molar-refractivity contribution in [2.24, 2.45) is 0 Å². The fourth-order valence-electron chi connectivity index (χ4n) is 4.91. The molecular weight excluding hydrogens is 473 g/mol. The lowest BCUT2D eigenvalue weighted by Crippen LogP contribution is -2.29. The van der Waals surface area contributed by atoms with Gasteiger partial charge in [-0.15, -0.1) is 0 Å². The van der Waals surface area contributed by atoms with Crippen molar-refractivity contribution in [1.82, 2.24) is 5.32 Å². The number of dihydropyridines is 1. The van der Waals surface area contributed by atoms with Gasteiger partial charge in [0.2, 0.25) is 0 Å². The van der Waals surface area contributed by atoms with Gasteiger partial charge in [-0.1, -0.05) is 42.5 Å². The fraction of sp³-hybridized carbons (Fsp3) is 0.200. The zero-order chi connectivity index (χ0) is 26.1. The largest absolute Gasteiger partial charge is 0.493 e. The Hall–Kier alpha value is -4.39. The summed E-state index contributed by atoms with van der Waals surface area (Å²) in [6.45, 7) is 3.91. The predicted molar refractivity (Wildman–Crippen MR) is 137 cm³/mol. The van der Waals surface area contributed by atoms with Crippen molar-refractivity contribution in [2.45, 2.75) is 26.4 Å². The van der Waals surface area contributed by atoms with Crippen molar-refractivity contribution in [1.29, 1.82) is 0 Å². The number of esters is 1. The van der Waals surface area contributed by atoms with E-state index < -0.39 is 11.9 Å². The Labute approximate surface area is 214 Å². The Kier molecular flexibility index (Phi) is 6.53. The maximum atomic E-state index is 13.6. The molecule has 2 aliphatic rings. The van der Waals surface area contributed by atoms with Gasteiger partial charge in [-0.25, -0.2) is 9.18 Å². The Bertz CT molecular complexity index is 1470. The summed E-state index contributed by atoms with van der Waals surface area (Å²) in [6, 6.07) is 18.9. The van der Waals surface area contributed by atoms with Crippen molar-refractivity contribution in [3.05, 3.63) is 112 Å². The molecule has 5 rings (SSSR count). The number of allylic oxidation sites excluding steroid dienone is 2. The van der Waals surface area contributed by atoms with Crippen molar-refractivity contribution in [2.75, 3.05) is 13.7 Å². The number of methoxy groups -OCH3 is 1. The van der Waals surface area contributed by atoms with E-state index in [2.05, 4.69) is 5.32 Å². The average Bonchev–Trinajstić information content (AvgIpc) is 3.18. The lowest BCUT2D eigenvalue weighted by molar-refractivity contribution is -0.138. The van der Waals surface area contributed by atoms with Crippen molar-refractivity contribution in [3.8, 4) is 11.5 Å². The Balaban J connectivity index is 1.56. The normalized spacial score (nSPS) is 16.2. The minimum atomic E-state index is -0.665. The molecule has 1 N–H and O–H groups in total. The number of halogens is 1. The molecule has 0 radical (unpaired) electrons. The maximum Gasteiger partial charge on any atom is 0.336 e. The van der Waals surface area contributed by atoms with E-state index in [0.717, 1.165) is 5.56 Å². The van der Waals surface area contributed by atoms with Crippen LogP contribution in [-0.4, -0.2) is 25.5 Å². The molecule has 188 valence electrons. The first kappa shape index (κ1) is 24.3. The second-order valence-corrected chi connectivity index (χ2v) is 8.81. The van der Waals surface area contributed by atoms with Gasteiger partial charge in [-0.05, 0) is 49.2 Å². The summed E-state index contributed by atoms with van der Waals surface area (Å²) in [6.07, 6.45) is 0. The van der Waals surface area contributed by atoms with Crippen LogP contribution in [0, 0.1) is 5.82 Å². The highest BCUT2D eigenvalue weighted by Crippen LogP contribution is 2.48. The van der Waals surface area contributed by atoms with Crippen LogP contribution in [0.15, 0.2) is 83.6 Å². The number of benzene rings is 3. The highest BCUT2D eigenvalue weighted by atomic mass is 19.1. The Morgan fingerprint density at radius 2 is 1.78 bits per heavy atom. The number of carbonyl (C=O) groups excluding carboxylic acids is 2. The number of hydrogen-bond donors (Lipinski definition) is 1. The van der Waals surface area contributed by atoms with Crippen LogP contribution >= 0.6 is 0 Å². The van der Waals surface area contributed by atoms with Crippen molar-refractivity contribution < 1.29 is 28.2 Å². The predicted octanol–water partition coefficient (Wildman–Crippen LogP) is 5.54. The van der Waals surface area contributed by atoms with E-state index in [1.807, 2.05) is 31.2 Å². The third kappa shape index (κ3) is 4.37. The van der Waals surface area contributed by atoms with E-state index in [1.165, 1.54) is 19.2 Å². The molecule has 1 atom stereocenters. The average molecular weight is 500 g/mol. The van der Waals surface area contributed by atoms with Gasteiger partial charge in [0.1, 0.15) is 12.4 Å². The second kappa shape index (κ2) is 9.93. The summed E-state index contributed by atoms with van der Waals surface area (Å²) < 4.78 is 30.5. The van der Waals surface area contributed by atoms with Gasteiger partial charge in [-0.2, -0.15) is 0 Å². The van der Waals surface area contributed by atoms with Gasteiger partial charge in [0, 0.05) is 28.3 Å². The van der Waals surface area contributed by atoms with Crippen molar-refractivity contribution in [3.63, 3.8) is 0 Å². The zero-order valence-electron chi connectivity index (χ0n) is 20.8. The van der Waals surface area contributed by atoms with E-state index in [0.29, 0.717) is 50.7 Å². The third-order valence-electron chi connectivity index (χ3n) is 6.55. The minimum Gasteiger partial charge on any atom is -0.493 e. The molecule has 0 saturated heterocycles. The molecule has 1 aliphatic carbocycles. The van der Waals surface area contributed by atoms with Crippen molar-refractivity contribution >= 4 is 17.4 Å². The van der Waals surface area contributed by atoms with Crippen LogP contribution in [0.5, 0.6) is 11.5 Å². The first-order chi connectivity index (χ1) is 17.9. The lowest BCUT2D eigenvalue weighted by atomic mass is 9.79. The standard InChI is InChI=1S/C30H26FNO5/c1-4-36-30(34)25-17(2)32-28-21-10-5-6-11-22(21)29(33)27(28)26(25)19-12-13-23(24(15-19)35-3)37-16-18-8-7-9-20(31)14-18/h5-15,26,32H,4,16H2,1-3H3/t26-/m1/s1. The lowest BCUT2D eigenvalue weighted by Gasteiger charge is -2.29. The van der Waals surface area contributed by atoms with E-state index in [-0.39, 0.29) is 24.8 Å². The quantitative estimate of drug-likeness (QED) is 0.430. The summed E-state index contributed by atoms with van der Waals surface area (Å²) in [5.74, 6) is -0.742. The number of fused-ring (bicyclic) bond motifs is 2. The molecule has 0 unspecified atom stereocenters. The third-order valence-corrected chi connectivity index (χ3v) is 6.55. The van der Waals surface area contributed by atoms with E-state index >= 15 is 0 Å². The number of hydrogen-bond acceptors (Lipinski definition) is 6. The van der Waals surface area contributed by atoms with Gasteiger partial charge >= 0.3 is 5.97 Å². The van der Waals surface area contributed by atoms with Crippen LogP contribution in [0.4, 0.5) is 4.39 Å². The number of nitrogens with one attached hydrogen (secondary N) is 1. The molecule has 1 heterocycles. The smallest absolute Gasteiger partial charge is 0.336 e. The summed E-state index contributed by atoms with van der Waals surface area (Å²) in [5, 5.41) is 3.29. The first-order valence-electron chi connectivity index (χ1n) is 12.0. The molecule has 37 heavy (non-hydrogen) atoms. The van der Waals surface area contributed by atoms with Crippen LogP contribution < -0.4 is 14.8 Å². The zero-order valence-corrected chi connectivity index (χ0v) is 20.8. The van der Waals surface area contributed by atoms with Gasteiger partial charge in [0.25, 0.3) is 0 Å². The summed E-state index contributed by atoms with van der Waals surface area (Å²) >= 11 is 0. The van der Waals surface area contributed by atoms with Crippen LogP contribution in [0.25, 0.3) is 5.70 Å². The fourth-order valence-corrected chi connectivity index (χ4v) is 4.91. The van der Waals surface area contributed by atoms with E-state index in [4.69, 9.17) is 14.2 Å². The molecule has 0 aromatic heterocycles. The number of Topliss-reactive ketones (excluding diaryl/α,β-unsaturated/α-hetero) is 1. The molecule has 0 saturated carbocycles. The van der Waals surface area contributed by atoms with Gasteiger partial charge in [0.15, 0.2) is 17.3 Å². The molecule has 0 fully saturated rings. The van der Waals surface area contributed by atoms with Crippen LogP contribution in [0.1, 0.15) is 46.8 Å². The number of rotatable bonds is 7. The number of ether oxygens (including phenoxy) is 3. The molecule has 3 aromatic carbocycles. The SMILES string of the molecule is CCOC(=O)C1=C(C)NC2=C(C(=O)c3ccccc32)[C@@H]1c1ccc(OCc2cccc(F)c2)c(OC)c1. The van der Waals surface area contributed by atoms with Crippen LogP contribution in [0.2, 0.25) is 0 Å². The maximum absolute atomic E-state index is 13.6. The van der Waals surface area contributed by atoms with Crippen LogP contribution in [0.3, 0.4) is 0 Å². The molecule has 0 bridgehead atoms. The monoisotopic (exact) mass is 499 g/mol. The van der Waals surface area contributed by atoms with Crippen LogP contribution in [-0.2, 0) is 16.1 Å². The van der Waals surface area contributed by atoms with E-state index in [9.17, 15) is 14.0 Å².